The van der Waals surface area contributed by atoms with Crippen LogP contribution in [0, 0.1) is 0 Å². The fraction of sp³-hybridized carbons (Fsp3) is 0.500. The standard InChI is InChI=1S/C14H22BrN3O/c1-5-18(10-14(19)17(3)4)13-8-12(15)7-6-11(13)9-16-2/h6-8,16H,5,9-10H2,1-4H3. The van der Waals surface area contributed by atoms with Gasteiger partial charge in [-0.2, -0.15) is 0 Å². The molecule has 5 heteroatoms. The maximum Gasteiger partial charge on any atom is 0.241 e. The van der Waals surface area contributed by atoms with E-state index in [9.17, 15) is 4.79 Å². The van der Waals surface area contributed by atoms with Crippen LogP contribution in [0.3, 0.4) is 0 Å². The van der Waals surface area contributed by atoms with E-state index in [1.54, 1.807) is 19.0 Å². The maximum absolute atomic E-state index is 11.9. The van der Waals surface area contributed by atoms with Crippen molar-refractivity contribution >= 4 is 27.5 Å². The molecule has 0 aliphatic heterocycles. The van der Waals surface area contributed by atoms with Crippen LogP contribution in [0.5, 0.6) is 0 Å². The van der Waals surface area contributed by atoms with Crippen molar-refractivity contribution in [2.75, 3.05) is 39.1 Å². The minimum absolute atomic E-state index is 0.109. The highest BCUT2D eigenvalue weighted by molar-refractivity contribution is 9.10. The molecule has 0 saturated heterocycles. The smallest absolute Gasteiger partial charge is 0.241 e. The Balaban J connectivity index is 3.02. The topological polar surface area (TPSA) is 35.6 Å². The van der Waals surface area contributed by atoms with E-state index in [0.29, 0.717) is 6.54 Å². The molecule has 0 atom stereocenters. The average Bonchev–Trinajstić information content (AvgIpc) is 2.38. The van der Waals surface area contributed by atoms with Crippen molar-refractivity contribution in [3.63, 3.8) is 0 Å². The summed E-state index contributed by atoms with van der Waals surface area (Å²) in [7, 11) is 5.49. The number of likely N-dealkylation sites (N-methyl/N-ethyl adjacent to an activating group) is 2. The van der Waals surface area contributed by atoms with E-state index in [-0.39, 0.29) is 5.91 Å². The van der Waals surface area contributed by atoms with Crippen LogP contribution >= 0.6 is 15.9 Å². The first kappa shape index (κ1) is 16.0. The van der Waals surface area contributed by atoms with E-state index in [2.05, 4.69) is 45.2 Å². The Kier molecular flexibility index (Phi) is 6.31. The molecule has 1 N–H and O–H groups in total. The maximum atomic E-state index is 11.9. The second-order valence-corrected chi connectivity index (χ2v) is 5.52. The van der Waals surface area contributed by atoms with Crippen molar-refractivity contribution in [3.8, 4) is 0 Å². The number of hydrogen-bond acceptors (Lipinski definition) is 3. The normalized spacial score (nSPS) is 10.4. The van der Waals surface area contributed by atoms with Crippen molar-refractivity contribution in [2.24, 2.45) is 0 Å². The minimum Gasteiger partial charge on any atom is -0.362 e. The predicted octanol–water partition coefficient (Wildman–Crippen LogP) is 2.08. The molecule has 0 aliphatic rings. The lowest BCUT2D eigenvalue weighted by Gasteiger charge is -2.26. The highest BCUT2D eigenvalue weighted by Crippen LogP contribution is 2.25. The molecule has 106 valence electrons. The molecular formula is C14H22BrN3O. The molecule has 1 amide bonds. The summed E-state index contributed by atoms with van der Waals surface area (Å²) in [5.41, 5.74) is 2.29. The molecule has 0 bridgehead atoms. The van der Waals surface area contributed by atoms with Gasteiger partial charge in [0.2, 0.25) is 5.91 Å². The number of rotatable bonds is 6. The lowest BCUT2D eigenvalue weighted by atomic mass is 10.1. The van der Waals surface area contributed by atoms with E-state index in [4.69, 9.17) is 0 Å². The first-order valence-electron chi connectivity index (χ1n) is 6.37. The van der Waals surface area contributed by atoms with Crippen molar-refractivity contribution in [1.82, 2.24) is 10.2 Å². The van der Waals surface area contributed by atoms with Crippen LogP contribution in [0.2, 0.25) is 0 Å². The number of carbonyl (C=O) groups is 1. The summed E-state index contributed by atoms with van der Waals surface area (Å²) in [6.45, 7) is 4.05. The summed E-state index contributed by atoms with van der Waals surface area (Å²) in [6.07, 6.45) is 0. The third kappa shape index (κ3) is 4.51. The number of amides is 1. The van der Waals surface area contributed by atoms with Crippen LogP contribution in [0.15, 0.2) is 22.7 Å². The molecule has 0 saturated carbocycles. The van der Waals surface area contributed by atoms with Crippen LogP contribution in [0.25, 0.3) is 0 Å². The Morgan fingerprint density at radius 1 is 1.37 bits per heavy atom. The van der Waals surface area contributed by atoms with Gasteiger partial charge in [0, 0.05) is 37.3 Å². The van der Waals surface area contributed by atoms with Crippen LogP contribution in [-0.2, 0) is 11.3 Å². The molecule has 1 rings (SSSR count). The first-order chi connectivity index (χ1) is 8.99. The largest absolute Gasteiger partial charge is 0.362 e. The highest BCUT2D eigenvalue weighted by Gasteiger charge is 2.14. The van der Waals surface area contributed by atoms with Gasteiger partial charge in [0.1, 0.15) is 0 Å². The summed E-state index contributed by atoms with van der Waals surface area (Å²) in [5.74, 6) is 0.109. The lowest BCUT2D eigenvalue weighted by molar-refractivity contribution is -0.127. The summed E-state index contributed by atoms with van der Waals surface area (Å²) >= 11 is 3.50. The monoisotopic (exact) mass is 327 g/mol. The van der Waals surface area contributed by atoms with Gasteiger partial charge in [0.15, 0.2) is 0 Å². The molecule has 1 aromatic carbocycles. The molecule has 4 nitrogen and oxygen atoms in total. The average molecular weight is 328 g/mol. The third-order valence-electron chi connectivity index (χ3n) is 2.96. The number of hydrogen-bond donors (Lipinski definition) is 1. The lowest BCUT2D eigenvalue weighted by Crippen LogP contribution is -2.37. The zero-order valence-electron chi connectivity index (χ0n) is 12.0. The number of benzene rings is 1. The Hall–Kier alpha value is -1.07. The van der Waals surface area contributed by atoms with Gasteiger partial charge < -0.3 is 15.1 Å². The van der Waals surface area contributed by atoms with Crippen molar-refractivity contribution in [3.05, 3.63) is 28.2 Å². The molecule has 0 radical (unpaired) electrons. The molecular weight excluding hydrogens is 306 g/mol. The molecule has 0 aromatic heterocycles. The highest BCUT2D eigenvalue weighted by atomic mass is 79.9. The molecule has 0 aliphatic carbocycles. The van der Waals surface area contributed by atoms with Crippen LogP contribution in [-0.4, -0.2) is 45.0 Å². The van der Waals surface area contributed by atoms with Crippen molar-refractivity contribution in [2.45, 2.75) is 13.5 Å². The second kappa shape index (κ2) is 7.50. The van der Waals surface area contributed by atoms with E-state index in [0.717, 1.165) is 23.2 Å². The van der Waals surface area contributed by atoms with Gasteiger partial charge in [-0.05, 0) is 31.7 Å². The van der Waals surface area contributed by atoms with Gasteiger partial charge in [-0.25, -0.2) is 0 Å². The molecule has 0 unspecified atom stereocenters. The fourth-order valence-electron chi connectivity index (χ4n) is 1.84. The summed E-state index contributed by atoms with van der Waals surface area (Å²) in [4.78, 5) is 15.6. The summed E-state index contributed by atoms with van der Waals surface area (Å²) in [6, 6.07) is 6.18. The van der Waals surface area contributed by atoms with Crippen LogP contribution < -0.4 is 10.2 Å². The van der Waals surface area contributed by atoms with E-state index < -0.39 is 0 Å². The Labute approximate surface area is 123 Å². The van der Waals surface area contributed by atoms with Gasteiger partial charge in [-0.15, -0.1) is 0 Å². The fourth-order valence-corrected chi connectivity index (χ4v) is 2.19. The summed E-state index contributed by atoms with van der Waals surface area (Å²) < 4.78 is 1.03. The molecule has 1 aromatic rings. The van der Waals surface area contributed by atoms with Gasteiger partial charge in [0.25, 0.3) is 0 Å². The quantitative estimate of drug-likeness (QED) is 0.869. The zero-order valence-corrected chi connectivity index (χ0v) is 13.6. The Morgan fingerprint density at radius 3 is 2.58 bits per heavy atom. The van der Waals surface area contributed by atoms with Gasteiger partial charge in [0.05, 0.1) is 6.54 Å². The Morgan fingerprint density at radius 2 is 2.05 bits per heavy atom. The molecule has 0 heterocycles. The van der Waals surface area contributed by atoms with Gasteiger partial charge >= 0.3 is 0 Å². The number of nitrogens with zero attached hydrogens (tertiary/aromatic N) is 2. The SMILES string of the molecule is CCN(CC(=O)N(C)C)c1cc(Br)ccc1CNC. The van der Waals surface area contributed by atoms with E-state index in [1.807, 2.05) is 13.1 Å². The zero-order chi connectivity index (χ0) is 14.4. The third-order valence-corrected chi connectivity index (χ3v) is 3.46. The minimum atomic E-state index is 0.109. The Bertz CT molecular complexity index is 435. The molecule has 0 spiro atoms. The van der Waals surface area contributed by atoms with E-state index in [1.165, 1.54) is 5.56 Å². The van der Waals surface area contributed by atoms with Crippen molar-refractivity contribution in [1.29, 1.82) is 0 Å². The predicted molar refractivity (Wildman–Crippen MR) is 83.5 cm³/mol. The van der Waals surface area contributed by atoms with E-state index >= 15 is 0 Å². The van der Waals surface area contributed by atoms with Gasteiger partial charge in [-0.3, -0.25) is 4.79 Å². The number of anilines is 1. The van der Waals surface area contributed by atoms with Gasteiger partial charge in [-0.1, -0.05) is 22.0 Å². The number of nitrogens with one attached hydrogen (secondary N) is 1. The first-order valence-corrected chi connectivity index (χ1v) is 7.17. The van der Waals surface area contributed by atoms with Crippen LogP contribution in [0.1, 0.15) is 12.5 Å². The number of carbonyl (C=O) groups excluding carboxylic acids is 1. The molecule has 0 fully saturated rings. The second-order valence-electron chi connectivity index (χ2n) is 4.61. The number of halogens is 1. The van der Waals surface area contributed by atoms with Crippen molar-refractivity contribution < 1.29 is 4.79 Å². The summed E-state index contributed by atoms with van der Waals surface area (Å²) in [5, 5.41) is 3.16. The molecule has 19 heavy (non-hydrogen) atoms. The van der Waals surface area contributed by atoms with Crippen LogP contribution in [0.4, 0.5) is 5.69 Å².